The molecular weight excluding hydrogens is 254 g/mol. The molecule has 2 N–H and O–H groups in total. The Kier molecular flexibility index (Phi) is 5.65. The number of benzene rings is 1. The first-order valence-electron chi connectivity index (χ1n) is 5.80. The fourth-order valence-corrected chi connectivity index (χ4v) is 2.02. The number of nitrogens with one attached hydrogen (secondary N) is 1. The van der Waals surface area contributed by atoms with Crippen LogP contribution in [0.4, 0.5) is 0 Å². The van der Waals surface area contributed by atoms with Gasteiger partial charge in [0.15, 0.2) is 0 Å². The summed E-state index contributed by atoms with van der Waals surface area (Å²) in [6, 6.07) is 7.01. The van der Waals surface area contributed by atoms with Crippen molar-refractivity contribution in [2.75, 3.05) is 6.54 Å². The molecule has 0 saturated heterocycles. The summed E-state index contributed by atoms with van der Waals surface area (Å²) in [6.07, 6.45) is 0.178. The van der Waals surface area contributed by atoms with Crippen LogP contribution in [0, 0.1) is 0 Å². The number of carbonyl (C=O) groups excluding carboxylic acids is 1. The molecule has 1 amide bonds. The van der Waals surface area contributed by atoms with Crippen LogP contribution in [0.2, 0.25) is 5.02 Å². The molecule has 0 aliphatic carbocycles. The van der Waals surface area contributed by atoms with Crippen molar-refractivity contribution < 1.29 is 14.7 Å². The van der Waals surface area contributed by atoms with Crippen molar-refractivity contribution in [2.45, 2.75) is 25.7 Å². The van der Waals surface area contributed by atoms with Crippen molar-refractivity contribution in [2.24, 2.45) is 0 Å². The molecule has 18 heavy (non-hydrogen) atoms. The highest BCUT2D eigenvalue weighted by molar-refractivity contribution is 6.31. The Hall–Kier alpha value is -1.55. The van der Waals surface area contributed by atoms with Crippen molar-refractivity contribution in [1.29, 1.82) is 0 Å². The molecule has 0 radical (unpaired) electrons. The van der Waals surface area contributed by atoms with Crippen LogP contribution in [0.5, 0.6) is 0 Å². The topological polar surface area (TPSA) is 66.4 Å². The molecule has 0 heterocycles. The Morgan fingerprint density at radius 1 is 1.39 bits per heavy atom. The first-order valence-corrected chi connectivity index (χ1v) is 6.18. The summed E-state index contributed by atoms with van der Waals surface area (Å²) < 4.78 is 0. The molecule has 1 atom stereocenters. The number of hydrogen-bond donors (Lipinski definition) is 2. The second kappa shape index (κ2) is 7.01. The lowest BCUT2D eigenvalue weighted by molar-refractivity contribution is -0.137. The summed E-state index contributed by atoms with van der Waals surface area (Å²) in [5.74, 6) is -1.63. The smallest absolute Gasteiger partial charge is 0.303 e. The Balaban J connectivity index is 2.93. The molecule has 0 saturated carbocycles. The van der Waals surface area contributed by atoms with Crippen LogP contribution in [0.3, 0.4) is 0 Å². The van der Waals surface area contributed by atoms with Gasteiger partial charge in [-0.2, -0.15) is 0 Å². The number of rotatable bonds is 6. The van der Waals surface area contributed by atoms with Gasteiger partial charge in [0.25, 0.3) is 0 Å². The van der Waals surface area contributed by atoms with Crippen LogP contribution in [-0.4, -0.2) is 23.5 Å². The Morgan fingerprint density at radius 3 is 2.61 bits per heavy atom. The molecule has 1 aromatic carbocycles. The Bertz CT molecular complexity index is 434. The predicted octanol–water partition coefficient (Wildman–Crippen LogP) is 2.42. The van der Waals surface area contributed by atoms with Crippen LogP contribution in [0.15, 0.2) is 24.3 Å². The lowest BCUT2D eigenvalue weighted by Crippen LogP contribution is -2.29. The molecule has 5 heteroatoms. The summed E-state index contributed by atoms with van der Waals surface area (Å²) in [4.78, 5) is 22.6. The van der Waals surface area contributed by atoms with Gasteiger partial charge in [0, 0.05) is 18.0 Å². The lowest BCUT2D eigenvalue weighted by Gasteiger charge is -2.17. The first kappa shape index (κ1) is 14.5. The van der Waals surface area contributed by atoms with E-state index in [0.29, 0.717) is 17.1 Å². The quantitative estimate of drug-likeness (QED) is 0.833. The third-order valence-corrected chi connectivity index (χ3v) is 2.94. The van der Waals surface area contributed by atoms with Gasteiger partial charge in [-0.3, -0.25) is 9.59 Å². The van der Waals surface area contributed by atoms with E-state index in [2.05, 4.69) is 5.32 Å². The molecule has 0 aliphatic heterocycles. The van der Waals surface area contributed by atoms with Crippen molar-refractivity contribution in [1.82, 2.24) is 5.32 Å². The summed E-state index contributed by atoms with van der Waals surface area (Å²) in [5.41, 5.74) is 0.673. The largest absolute Gasteiger partial charge is 0.481 e. The van der Waals surface area contributed by atoms with Gasteiger partial charge in [-0.05, 0) is 25.0 Å². The van der Waals surface area contributed by atoms with Crippen molar-refractivity contribution in [3.05, 3.63) is 34.9 Å². The number of carboxylic acid groups (broad SMARTS) is 1. The molecule has 1 unspecified atom stereocenters. The zero-order valence-corrected chi connectivity index (χ0v) is 10.9. The molecule has 1 rings (SSSR count). The summed E-state index contributed by atoms with van der Waals surface area (Å²) in [7, 11) is 0. The molecule has 0 bridgehead atoms. The fourth-order valence-electron chi connectivity index (χ4n) is 1.75. The number of amides is 1. The van der Waals surface area contributed by atoms with E-state index < -0.39 is 11.9 Å². The van der Waals surface area contributed by atoms with Gasteiger partial charge in [0.2, 0.25) is 5.91 Å². The van der Waals surface area contributed by atoms with Gasteiger partial charge in [-0.25, -0.2) is 0 Å². The average molecular weight is 270 g/mol. The van der Waals surface area contributed by atoms with Crippen LogP contribution in [0.1, 0.15) is 31.2 Å². The van der Waals surface area contributed by atoms with Gasteiger partial charge >= 0.3 is 5.97 Å². The van der Waals surface area contributed by atoms with Crippen LogP contribution in [-0.2, 0) is 9.59 Å². The molecule has 98 valence electrons. The molecule has 0 aliphatic rings. The van der Waals surface area contributed by atoms with E-state index in [1.54, 1.807) is 24.3 Å². The van der Waals surface area contributed by atoms with Gasteiger partial charge in [0.05, 0.1) is 5.92 Å². The summed E-state index contributed by atoms with van der Waals surface area (Å²) in [5, 5.41) is 11.9. The lowest BCUT2D eigenvalue weighted by atomic mass is 9.93. The third kappa shape index (κ3) is 4.04. The van der Waals surface area contributed by atoms with E-state index in [1.807, 2.05) is 6.92 Å². The summed E-state index contributed by atoms with van der Waals surface area (Å²) >= 11 is 6.05. The van der Waals surface area contributed by atoms with E-state index in [4.69, 9.17) is 16.7 Å². The van der Waals surface area contributed by atoms with Crippen LogP contribution in [0.25, 0.3) is 0 Å². The van der Waals surface area contributed by atoms with Gasteiger partial charge in [-0.1, -0.05) is 29.8 Å². The van der Waals surface area contributed by atoms with E-state index in [0.717, 1.165) is 0 Å². The minimum absolute atomic E-state index is 0.0625. The van der Waals surface area contributed by atoms with Crippen LogP contribution >= 0.6 is 11.6 Å². The third-order valence-electron chi connectivity index (χ3n) is 2.60. The number of likely N-dealkylation sites (N-methyl/N-ethyl adjacent to an activating group) is 1. The number of carboxylic acids is 1. The van der Waals surface area contributed by atoms with Crippen molar-refractivity contribution in [3.63, 3.8) is 0 Å². The normalized spacial score (nSPS) is 11.9. The predicted molar refractivity (Wildman–Crippen MR) is 69.7 cm³/mol. The summed E-state index contributed by atoms with van der Waals surface area (Å²) in [6.45, 7) is 2.33. The molecule has 1 aromatic rings. The highest BCUT2D eigenvalue weighted by Gasteiger charge is 2.22. The number of aliphatic carboxylic acids is 1. The zero-order chi connectivity index (χ0) is 13.5. The Morgan fingerprint density at radius 2 is 2.06 bits per heavy atom. The monoisotopic (exact) mass is 269 g/mol. The molecule has 0 aromatic heterocycles. The standard InChI is InChI=1S/C13H16ClNO3/c1-2-15-13(18)10(7-8-12(16)17)9-5-3-4-6-11(9)14/h3-6,10H,2,7-8H2,1H3,(H,15,18)(H,16,17). The minimum atomic E-state index is -0.920. The maximum atomic E-state index is 11.9. The van der Waals surface area contributed by atoms with E-state index in [1.165, 1.54) is 0 Å². The van der Waals surface area contributed by atoms with E-state index in [-0.39, 0.29) is 18.7 Å². The number of carbonyl (C=O) groups is 2. The maximum Gasteiger partial charge on any atom is 0.303 e. The fraction of sp³-hybridized carbons (Fsp3) is 0.385. The number of halogens is 1. The average Bonchev–Trinajstić information content (AvgIpc) is 2.31. The highest BCUT2D eigenvalue weighted by atomic mass is 35.5. The molecule has 4 nitrogen and oxygen atoms in total. The second-order valence-corrected chi connectivity index (χ2v) is 4.31. The van der Waals surface area contributed by atoms with Gasteiger partial charge in [0.1, 0.15) is 0 Å². The van der Waals surface area contributed by atoms with Crippen molar-refractivity contribution >= 4 is 23.5 Å². The second-order valence-electron chi connectivity index (χ2n) is 3.90. The molecule has 0 fully saturated rings. The minimum Gasteiger partial charge on any atom is -0.481 e. The maximum absolute atomic E-state index is 11.9. The first-order chi connectivity index (χ1) is 8.56. The van der Waals surface area contributed by atoms with Gasteiger partial charge in [-0.15, -0.1) is 0 Å². The SMILES string of the molecule is CCNC(=O)C(CCC(=O)O)c1ccccc1Cl. The molecule has 0 spiro atoms. The van der Waals surface area contributed by atoms with Crippen molar-refractivity contribution in [3.8, 4) is 0 Å². The van der Waals surface area contributed by atoms with Gasteiger partial charge < -0.3 is 10.4 Å². The Labute approximate surface area is 111 Å². The molecular formula is C13H16ClNO3. The van der Waals surface area contributed by atoms with E-state index >= 15 is 0 Å². The highest BCUT2D eigenvalue weighted by Crippen LogP contribution is 2.28. The zero-order valence-electron chi connectivity index (χ0n) is 10.1. The van der Waals surface area contributed by atoms with Crippen LogP contribution < -0.4 is 5.32 Å². The number of hydrogen-bond acceptors (Lipinski definition) is 2. The van der Waals surface area contributed by atoms with E-state index in [9.17, 15) is 9.59 Å².